The Morgan fingerprint density at radius 3 is 2.10 bits per heavy atom. The number of hydrogen-bond acceptors (Lipinski definition) is 2. The van der Waals surface area contributed by atoms with Gasteiger partial charge in [0.05, 0.1) is 0 Å². The molecule has 0 aromatic heterocycles. The predicted octanol–water partition coefficient (Wildman–Crippen LogP) is 2.58. The Bertz CT molecular complexity index is 318. The summed E-state index contributed by atoms with van der Waals surface area (Å²) in [5.74, 6) is 0.667. The summed E-state index contributed by atoms with van der Waals surface area (Å²) >= 11 is 0. The van der Waals surface area contributed by atoms with Gasteiger partial charge in [-0.3, -0.25) is 9.59 Å². The molecule has 1 N–H and O–H groups in total. The molecule has 1 atom stereocenters. The number of likely N-dealkylation sites (tertiary alicyclic amines) is 1. The molecule has 1 aliphatic rings. The maximum Gasteiger partial charge on any atom is 0.225 e. The number of carbonyl (C=O) groups excluding carboxylic acids is 2. The van der Waals surface area contributed by atoms with Crippen LogP contribution >= 0.6 is 0 Å². The fourth-order valence-electron chi connectivity index (χ4n) is 2.72. The number of hydrogen-bond donors (Lipinski definition) is 1. The highest BCUT2D eigenvalue weighted by Crippen LogP contribution is 2.21. The molecule has 0 radical (unpaired) electrons. The molecule has 0 aromatic carbocycles. The van der Waals surface area contributed by atoms with E-state index in [4.69, 9.17) is 0 Å². The summed E-state index contributed by atoms with van der Waals surface area (Å²) in [6.07, 6.45) is 4.37. The van der Waals surface area contributed by atoms with Crippen LogP contribution in [0, 0.1) is 11.8 Å². The third-order valence-electron chi connectivity index (χ3n) is 4.51. The summed E-state index contributed by atoms with van der Waals surface area (Å²) in [6.45, 7) is 9.70. The number of carbonyl (C=O) groups is 2. The molecule has 1 saturated heterocycles. The van der Waals surface area contributed by atoms with E-state index in [1.807, 2.05) is 11.8 Å². The zero-order valence-electron chi connectivity index (χ0n) is 13.4. The Labute approximate surface area is 123 Å². The SMILES string of the molecule is CCC(C)NC(=O)C1CCN(C(=O)C(CC)CC)CC1. The van der Waals surface area contributed by atoms with Crippen LogP contribution in [0.25, 0.3) is 0 Å². The van der Waals surface area contributed by atoms with Crippen LogP contribution in [-0.4, -0.2) is 35.8 Å². The highest BCUT2D eigenvalue weighted by Gasteiger charge is 2.29. The second kappa shape index (κ2) is 8.28. The number of nitrogens with zero attached hydrogens (tertiary/aromatic N) is 1. The fourth-order valence-corrected chi connectivity index (χ4v) is 2.72. The zero-order valence-corrected chi connectivity index (χ0v) is 13.4. The molecule has 0 bridgehead atoms. The van der Waals surface area contributed by atoms with E-state index in [0.29, 0.717) is 0 Å². The predicted molar refractivity (Wildman–Crippen MR) is 81.3 cm³/mol. The number of piperidine rings is 1. The Kier molecular flexibility index (Phi) is 7.03. The molecule has 0 saturated carbocycles. The fraction of sp³-hybridized carbons (Fsp3) is 0.875. The second-order valence-corrected chi connectivity index (χ2v) is 5.93. The minimum atomic E-state index is 0.0785. The van der Waals surface area contributed by atoms with Crippen molar-refractivity contribution in [3.05, 3.63) is 0 Å². The molecule has 0 spiro atoms. The minimum absolute atomic E-state index is 0.0785. The van der Waals surface area contributed by atoms with Crippen LogP contribution in [0.2, 0.25) is 0 Å². The van der Waals surface area contributed by atoms with Crippen molar-refractivity contribution < 1.29 is 9.59 Å². The molecular formula is C16H30N2O2. The van der Waals surface area contributed by atoms with Crippen LogP contribution in [-0.2, 0) is 9.59 Å². The topological polar surface area (TPSA) is 49.4 Å². The normalized spacial score (nSPS) is 18.1. The third-order valence-corrected chi connectivity index (χ3v) is 4.51. The average molecular weight is 282 g/mol. The lowest BCUT2D eigenvalue weighted by Gasteiger charge is -2.33. The van der Waals surface area contributed by atoms with Gasteiger partial charge >= 0.3 is 0 Å². The Morgan fingerprint density at radius 1 is 1.10 bits per heavy atom. The lowest BCUT2D eigenvalue weighted by atomic mass is 9.93. The van der Waals surface area contributed by atoms with Gasteiger partial charge in [-0.2, -0.15) is 0 Å². The maximum absolute atomic E-state index is 12.3. The van der Waals surface area contributed by atoms with E-state index in [1.54, 1.807) is 0 Å². The zero-order chi connectivity index (χ0) is 15.1. The van der Waals surface area contributed by atoms with E-state index in [0.717, 1.165) is 45.2 Å². The van der Waals surface area contributed by atoms with Crippen LogP contribution in [0.15, 0.2) is 0 Å². The van der Waals surface area contributed by atoms with Crippen molar-refractivity contribution in [2.45, 2.75) is 65.8 Å². The lowest BCUT2D eigenvalue weighted by molar-refractivity contribution is -0.139. The summed E-state index contributed by atoms with van der Waals surface area (Å²) in [5, 5.41) is 3.05. The van der Waals surface area contributed by atoms with Gasteiger partial charge in [0.25, 0.3) is 0 Å². The number of nitrogens with one attached hydrogen (secondary N) is 1. The highest BCUT2D eigenvalue weighted by molar-refractivity contribution is 5.81. The van der Waals surface area contributed by atoms with Gasteiger partial charge in [-0.15, -0.1) is 0 Å². The summed E-state index contributed by atoms with van der Waals surface area (Å²) in [5.41, 5.74) is 0. The van der Waals surface area contributed by atoms with E-state index in [9.17, 15) is 9.59 Å². The van der Waals surface area contributed by atoms with Crippen molar-refractivity contribution in [3.63, 3.8) is 0 Å². The molecule has 1 heterocycles. The first kappa shape index (κ1) is 17.0. The van der Waals surface area contributed by atoms with E-state index < -0.39 is 0 Å². The Morgan fingerprint density at radius 2 is 1.65 bits per heavy atom. The molecule has 4 heteroatoms. The van der Waals surface area contributed by atoms with Gasteiger partial charge in [-0.25, -0.2) is 0 Å². The van der Waals surface area contributed by atoms with Gasteiger partial charge in [-0.1, -0.05) is 20.8 Å². The van der Waals surface area contributed by atoms with Crippen molar-refractivity contribution >= 4 is 11.8 Å². The van der Waals surface area contributed by atoms with Crippen molar-refractivity contribution in [1.29, 1.82) is 0 Å². The van der Waals surface area contributed by atoms with Gasteiger partial charge < -0.3 is 10.2 Å². The smallest absolute Gasteiger partial charge is 0.225 e. The van der Waals surface area contributed by atoms with E-state index >= 15 is 0 Å². The molecule has 1 rings (SSSR count). The molecule has 0 aliphatic carbocycles. The monoisotopic (exact) mass is 282 g/mol. The Balaban J connectivity index is 2.43. The molecular weight excluding hydrogens is 252 g/mol. The van der Waals surface area contributed by atoms with Gasteiger partial charge in [-0.05, 0) is 39.0 Å². The molecule has 1 aliphatic heterocycles. The first-order chi connectivity index (χ1) is 9.53. The third kappa shape index (κ3) is 4.50. The lowest BCUT2D eigenvalue weighted by Crippen LogP contribution is -2.46. The largest absolute Gasteiger partial charge is 0.353 e. The van der Waals surface area contributed by atoms with Gasteiger partial charge in [0.1, 0.15) is 0 Å². The molecule has 1 unspecified atom stereocenters. The molecule has 1 fully saturated rings. The van der Waals surface area contributed by atoms with Crippen molar-refractivity contribution in [2.75, 3.05) is 13.1 Å². The van der Waals surface area contributed by atoms with Crippen molar-refractivity contribution in [2.24, 2.45) is 11.8 Å². The first-order valence-corrected chi connectivity index (χ1v) is 8.12. The summed E-state index contributed by atoms with van der Waals surface area (Å²) in [6, 6.07) is 0.242. The van der Waals surface area contributed by atoms with E-state index in [1.165, 1.54) is 0 Å². The maximum atomic E-state index is 12.3. The van der Waals surface area contributed by atoms with E-state index in [-0.39, 0.29) is 29.7 Å². The summed E-state index contributed by atoms with van der Waals surface area (Å²) in [4.78, 5) is 26.3. The Hall–Kier alpha value is -1.06. The summed E-state index contributed by atoms with van der Waals surface area (Å²) in [7, 11) is 0. The number of rotatable bonds is 6. The second-order valence-electron chi connectivity index (χ2n) is 5.93. The van der Waals surface area contributed by atoms with Crippen LogP contribution in [0.3, 0.4) is 0 Å². The highest BCUT2D eigenvalue weighted by atomic mass is 16.2. The van der Waals surface area contributed by atoms with E-state index in [2.05, 4.69) is 26.1 Å². The summed E-state index contributed by atoms with van der Waals surface area (Å²) < 4.78 is 0. The number of amides is 2. The first-order valence-electron chi connectivity index (χ1n) is 8.12. The molecule has 116 valence electrons. The molecule has 20 heavy (non-hydrogen) atoms. The standard InChI is InChI=1S/C16H30N2O2/c1-5-12(4)17-15(19)14-8-10-18(11-9-14)16(20)13(6-2)7-3/h12-14H,5-11H2,1-4H3,(H,17,19). The average Bonchev–Trinajstić information content (AvgIpc) is 2.48. The van der Waals surface area contributed by atoms with Crippen molar-refractivity contribution in [1.82, 2.24) is 10.2 Å². The molecule has 0 aromatic rings. The van der Waals surface area contributed by atoms with Gasteiger partial charge in [0.15, 0.2) is 0 Å². The van der Waals surface area contributed by atoms with Gasteiger partial charge in [0.2, 0.25) is 11.8 Å². The van der Waals surface area contributed by atoms with Crippen LogP contribution in [0.1, 0.15) is 59.8 Å². The molecule has 4 nitrogen and oxygen atoms in total. The van der Waals surface area contributed by atoms with Crippen LogP contribution in [0.4, 0.5) is 0 Å². The minimum Gasteiger partial charge on any atom is -0.353 e. The van der Waals surface area contributed by atoms with Crippen molar-refractivity contribution in [3.8, 4) is 0 Å². The van der Waals surface area contributed by atoms with Gasteiger partial charge in [0, 0.05) is 31.0 Å². The molecule has 2 amide bonds. The quantitative estimate of drug-likeness (QED) is 0.814. The van der Waals surface area contributed by atoms with Crippen LogP contribution < -0.4 is 5.32 Å². The van der Waals surface area contributed by atoms with Crippen LogP contribution in [0.5, 0.6) is 0 Å².